The number of ether oxygens (including phenoxy) is 2. The zero-order chi connectivity index (χ0) is 25.5. The number of hydrogen-bond donors (Lipinski definition) is 0. The van der Waals surface area contributed by atoms with Gasteiger partial charge in [-0.05, 0) is 92.3 Å². The molecule has 5 rings (SSSR count). The van der Waals surface area contributed by atoms with Gasteiger partial charge < -0.3 is 9.47 Å². The summed E-state index contributed by atoms with van der Waals surface area (Å²) in [6, 6.07) is 33.7. The van der Waals surface area contributed by atoms with Crippen LogP contribution in [0.3, 0.4) is 0 Å². The largest absolute Gasteiger partial charge is 0.491 e. The Hall–Kier alpha value is -3.85. The molecule has 0 amide bonds. The lowest BCUT2D eigenvalue weighted by Crippen LogP contribution is -2.29. The van der Waals surface area contributed by atoms with Crippen LogP contribution in [0.15, 0.2) is 97.1 Å². The number of carbonyl (C=O) groups excluding carboxylic acids is 1. The van der Waals surface area contributed by atoms with Gasteiger partial charge in [0, 0.05) is 0 Å². The van der Waals surface area contributed by atoms with E-state index in [4.69, 9.17) is 9.47 Å². The number of esters is 1. The zero-order valence-electron chi connectivity index (χ0n) is 21.5. The van der Waals surface area contributed by atoms with Gasteiger partial charge in [-0.2, -0.15) is 0 Å². The number of fused-ring (bicyclic) bond motifs is 3. The number of rotatable bonds is 5. The highest BCUT2D eigenvalue weighted by molar-refractivity contribution is 5.86. The van der Waals surface area contributed by atoms with Crippen molar-refractivity contribution in [3.63, 3.8) is 0 Å². The van der Waals surface area contributed by atoms with Crippen molar-refractivity contribution in [1.29, 1.82) is 0 Å². The molecule has 0 bridgehead atoms. The molecule has 0 saturated heterocycles. The highest BCUT2D eigenvalue weighted by Gasteiger charge is 2.45. The molecular weight excluding hydrogens is 444 g/mol. The van der Waals surface area contributed by atoms with E-state index in [-0.39, 0.29) is 12.1 Å². The zero-order valence-corrected chi connectivity index (χ0v) is 21.5. The molecule has 0 aliphatic heterocycles. The maximum atomic E-state index is 12.5. The van der Waals surface area contributed by atoms with Crippen molar-refractivity contribution < 1.29 is 14.3 Å². The lowest BCUT2D eigenvalue weighted by Gasteiger charge is -2.34. The second-order valence-corrected chi connectivity index (χ2v) is 10.7. The van der Waals surface area contributed by atoms with Gasteiger partial charge in [0.25, 0.3) is 0 Å². The summed E-state index contributed by atoms with van der Waals surface area (Å²) in [7, 11) is 0. The Morgan fingerprint density at radius 1 is 0.667 bits per heavy atom. The first-order valence-corrected chi connectivity index (χ1v) is 12.5. The van der Waals surface area contributed by atoms with Crippen LogP contribution < -0.4 is 9.47 Å². The average molecular weight is 477 g/mol. The Balaban J connectivity index is 1.69. The van der Waals surface area contributed by atoms with Crippen molar-refractivity contribution in [2.24, 2.45) is 5.41 Å². The van der Waals surface area contributed by atoms with Crippen molar-refractivity contribution in [2.75, 3.05) is 0 Å². The number of carbonyl (C=O) groups is 1. The van der Waals surface area contributed by atoms with Gasteiger partial charge in [0.15, 0.2) is 0 Å². The van der Waals surface area contributed by atoms with Crippen LogP contribution in [0.2, 0.25) is 0 Å². The van der Waals surface area contributed by atoms with E-state index >= 15 is 0 Å². The monoisotopic (exact) mass is 476 g/mol. The maximum Gasteiger partial charge on any atom is 0.316 e. The lowest BCUT2D eigenvalue weighted by molar-refractivity contribution is -0.143. The van der Waals surface area contributed by atoms with Crippen molar-refractivity contribution in [2.45, 2.75) is 46.1 Å². The lowest BCUT2D eigenvalue weighted by atomic mass is 9.68. The van der Waals surface area contributed by atoms with Crippen LogP contribution in [0.5, 0.6) is 11.5 Å². The molecule has 1 aliphatic carbocycles. The molecule has 0 N–H and O–H groups in total. The molecule has 0 unspecified atom stereocenters. The van der Waals surface area contributed by atoms with Crippen LogP contribution in [0.4, 0.5) is 0 Å². The van der Waals surface area contributed by atoms with E-state index in [1.807, 2.05) is 46.8 Å². The van der Waals surface area contributed by atoms with Gasteiger partial charge in [-0.25, -0.2) is 0 Å². The van der Waals surface area contributed by atoms with Gasteiger partial charge in [-0.3, -0.25) is 4.79 Å². The molecule has 3 heteroatoms. The fourth-order valence-electron chi connectivity index (χ4n) is 5.11. The average Bonchev–Trinajstić information content (AvgIpc) is 3.15. The van der Waals surface area contributed by atoms with Crippen LogP contribution in [0, 0.1) is 5.41 Å². The normalized spacial score (nSPS) is 13.7. The molecule has 4 aromatic carbocycles. The maximum absolute atomic E-state index is 12.5. The minimum Gasteiger partial charge on any atom is -0.491 e. The van der Waals surface area contributed by atoms with E-state index < -0.39 is 10.8 Å². The highest BCUT2D eigenvalue weighted by Crippen LogP contribution is 2.56. The van der Waals surface area contributed by atoms with E-state index in [1.54, 1.807) is 0 Å². The molecule has 1 aliphatic rings. The van der Waals surface area contributed by atoms with Gasteiger partial charge in [0.2, 0.25) is 0 Å². The molecular formula is C33H32O3. The number of benzene rings is 4. The minimum atomic E-state index is -0.566. The molecule has 0 spiro atoms. The molecule has 182 valence electrons. The molecule has 36 heavy (non-hydrogen) atoms. The third-order valence-corrected chi connectivity index (χ3v) is 6.72. The first-order chi connectivity index (χ1) is 17.2. The summed E-state index contributed by atoms with van der Waals surface area (Å²) in [4.78, 5) is 12.5. The third-order valence-electron chi connectivity index (χ3n) is 6.72. The first-order valence-electron chi connectivity index (χ1n) is 12.5. The van der Waals surface area contributed by atoms with Crippen molar-refractivity contribution in [1.82, 2.24) is 0 Å². The van der Waals surface area contributed by atoms with Crippen LogP contribution >= 0.6 is 0 Å². The summed E-state index contributed by atoms with van der Waals surface area (Å²) in [6.07, 6.45) is 0.112. The van der Waals surface area contributed by atoms with Gasteiger partial charge in [0.05, 0.1) is 16.9 Å². The Kier molecular flexibility index (Phi) is 5.96. The summed E-state index contributed by atoms with van der Waals surface area (Å²) in [5.41, 5.74) is 6.16. The fraction of sp³-hybridized carbons (Fsp3) is 0.242. The highest BCUT2D eigenvalue weighted by atomic mass is 16.5. The summed E-state index contributed by atoms with van der Waals surface area (Å²) in [5.74, 6) is 1.16. The molecule has 0 atom stereocenters. The summed E-state index contributed by atoms with van der Waals surface area (Å²) < 4.78 is 11.6. The van der Waals surface area contributed by atoms with Crippen molar-refractivity contribution in [3.8, 4) is 22.6 Å². The Morgan fingerprint density at radius 2 is 1.11 bits per heavy atom. The van der Waals surface area contributed by atoms with Gasteiger partial charge >= 0.3 is 5.97 Å². The Bertz CT molecular complexity index is 1340. The molecule has 0 aromatic heterocycles. The topological polar surface area (TPSA) is 35.5 Å². The summed E-state index contributed by atoms with van der Waals surface area (Å²) in [5, 5.41) is 0. The van der Waals surface area contributed by atoms with Gasteiger partial charge in [-0.15, -0.1) is 0 Å². The van der Waals surface area contributed by atoms with E-state index in [0.717, 1.165) is 16.9 Å². The fourth-order valence-corrected chi connectivity index (χ4v) is 5.11. The standard InChI is InChI=1S/C33H32O3/c1-22(2)35-25-18-14-23(15-19-25)33(24-16-20-26(21-17-24)36-31(34)32(3,4)5)29-12-8-6-10-27(29)28-11-7-9-13-30(28)33/h6-22H,1-5H3. The van der Waals surface area contributed by atoms with Crippen molar-refractivity contribution in [3.05, 3.63) is 119 Å². The quantitative estimate of drug-likeness (QED) is 0.192. The molecule has 0 fully saturated rings. The van der Waals surface area contributed by atoms with E-state index in [9.17, 15) is 4.79 Å². The molecule has 3 nitrogen and oxygen atoms in total. The van der Waals surface area contributed by atoms with Crippen LogP contribution in [0.1, 0.15) is 56.9 Å². The van der Waals surface area contributed by atoms with Crippen LogP contribution in [-0.2, 0) is 10.2 Å². The molecule has 0 saturated carbocycles. The van der Waals surface area contributed by atoms with Crippen LogP contribution in [-0.4, -0.2) is 12.1 Å². The smallest absolute Gasteiger partial charge is 0.316 e. The Labute approximate surface area is 213 Å². The predicted octanol–water partition coefficient (Wildman–Crippen LogP) is 7.79. The molecule has 0 radical (unpaired) electrons. The van der Waals surface area contributed by atoms with Crippen molar-refractivity contribution >= 4 is 5.97 Å². The second kappa shape index (κ2) is 8.98. The predicted molar refractivity (Wildman–Crippen MR) is 145 cm³/mol. The number of hydrogen-bond acceptors (Lipinski definition) is 3. The minimum absolute atomic E-state index is 0.112. The molecule has 0 heterocycles. The Morgan fingerprint density at radius 3 is 1.56 bits per heavy atom. The van der Waals surface area contributed by atoms with E-state index in [1.165, 1.54) is 22.3 Å². The molecule has 4 aromatic rings. The third kappa shape index (κ3) is 3.99. The second-order valence-electron chi connectivity index (χ2n) is 10.7. The summed E-state index contributed by atoms with van der Waals surface area (Å²) >= 11 is 0. The first kappa shape index (κ1) is 23.9. The van der Waals surface area contributed by atoms with Crippen LogP contribution in [0.25, 0.3) is 11.1 Å². The summed E-state index contributed by atoms with van der Waals surface area (Å²) in [6.45, 7) is 9.65. The van der Waals surface area contributed by atoms with E-state index in [2.05, 4.69) is 84.9 Å². The SMILES string of the molecule is CC(C)Oc1ccc(C2(c3ccc(OC(=O)C(C)(C)C)cc3)c3ccccc3-c3ccccc32)cc1. The van der Waals surface area contributed by atoms with Gasteiger partial charge in [-0.1, -0.05) is 72.8 Å². The van der Waals surface area contributed by atoms with Gasteiger partial charge in [0.1, 0.15) is 11.5 Å². The van der Waals surface area contributed by atoms with E-state index in [0.29, 0.717) is 5.75 Å².